The van der Waals surface area contributed by atoms with Gasteiger partial charge in [-0.05, 0) is 86.2 Å². The van der Waals surface area contributed by atoms with Crippen LogP contribution in [0.4, 0.5) is 0 Å². The minimum absolute atomic E-state index is 0.318. The van der Waals surface area contributed by atoms with E-state index in [1.807, 2.05) is 0 Å². The zero-order valence-electron chi connectivity index (χ0n) is 35.9. The molecule has 4 aliphatic heterocycles. The maximum Gasteiger partial charge on any atom is 0.0165 e. The third-order valence-electron chi connectivity index (χ3n) is 10.9. The lowest BCUT2D eigenvalue weighted by Gasteiger charge is -2.34. The van der Waals surface area contributed by atoms with Crippen molar-refractivity contribution in [3.8, 4) is 0 Å². The van der Waals surface area contributed by atoms with Crippen LogP contribution in [0.1, 0.15) is 60.3 Å². The van der Waals surface area contributed by atoms with Gasteiger partial charge in [0.15, 0.2) is 0 Å². The smallest absolute Gasteiger partial charge is 0.0165 e. The number of nitrogens with two attached hydrogens (primary N) is 6. The first kappa shape index (κ1) is 50.5. The first-order valence-corrected chi connectivity index (χ1v) is 21.6. The number of nitrogens with zero attached hydrogens (tertiary/aromatic N) is 8. The van der Waals surface area contributed by atoms with Gasteiger partial charge in [0.25, 0.3) is 0 Å². The number of rotatable bonds is 17. The fourth-order valence-corrected chi connectivity index (χ4v) is 6.93. The lowest BCUT2D eigenvalue weighted by molar-refractivity contribution is 0.129. The zero-order chi connectivity index (χ0) is 39.4. The fraction of sp³-hybridized carbons (Fsp3) is 1.00. The molecule has 0 aromatic rings. The van der Waals surface area contributed by atoms with Crippen LogP contribution in [0.3, 0.4) is 0 Å². The summed E-state index contributed by atoms with van der Waals surface area (Å²) in [5.41, 5.74) is 34.1. The Morgan fingerprint density at radius 1 is 0.434 bits per heavy atom. The van der Waals surface area contributed by atoms with E-state index < -0.39 is 0 Å². The summed E-state index contributed by atoms with van der Waals surface area (Å²) in [6, 6.07) is 1.35. The molecule has 4 heterocycles. The van der Waals surface area contributed by atoms with Crippen molar-refractivity contribution in [3.63, 3.8) is 0 Å². The standard InChI is InChI=1S/C11H26N4.C10H24N4.2C9H21N3/c1-11(13)3-6-15-9-7-14(8-10-15)5-2-4-12;1-10(12)2-4-13-6-8-14(5-3-11)9-7-13;1-3-9(10)8-12-6-4-11(2)5-7-12;1-3-11-4-6-12(7-5-11)8-9(2)10/h11H,2-10,12-13H2,1H3;10H,2-9,11-12H2,1H3;2*9H,3-8,10H2,1-2H3. The summed E-state index contributed by atoms with van der Waals surface area (Å²) in [5.74, 6) is 0. The summed E-state index contributed by atoms with van der Waals surface area (Å²) in [5, 5.41) is 0. The van der Waals surface area contributed by atoms with Crippen molar-refractivity contribution < 1.29 is 0 Å². The van der Waals surface area contributed by atoms with Crippen molar-refractivity contribution in [1.82, 2.24) is 39.2 Å². The number of hydrogen-bond donors (Lipinski definition) is 6. The van der Waals surface area contributed by atoms with Crippen molar-refractivity contribution >= 4 is 0 Å². The molecule has 4 unspecified atom stereocenters. The van der Waals surface area contributed by atoms with E-state index >= 15 is 0 Å². The summed E-state index contributed by atoms with van der Waals surface area (Å²) in [7, 11) is 2.18. The van der Waals surface area contributed by atoms with Crippen LogP contribution in [0.5, 0.6) is 0 Å². The van der Waals surface area contributed by atoms with Crippen molar-refractivity contribution in [2.75, 3.05) is 171 Å². The summed E-state index contributed by atoms with van der Waals surface area (Å²) in [4.78, 5) is 19.7. The Hall–Kier alpha value is -0.560. The minimum atomic E-state index is 0.318. The van der Waals surface area contributed by atoms with Crippen molar-refractivity contribution in [2.24, 2.45) is 34.4 Å². The maximum atomic E-state index is 5.88. The van der Waals surface area contributed by atoms with E-state index in [4.69, 9.17) is 34.4 Å². The Balaban J connectivity index is 0.000000355. The highest BCUT2D eigenvalue weighted by Crippen LogP contribution is 2.05. The molecular weight excluding hydrogens is 665 g/mol. The molecule has 0 bridgehead atoms. The first-order valence-electron chi connectivity index (χ1n) is 21.6. The monoisotopic (exact) mass is 757 g/mol. The summed E-state index contributed by atoms with van der Waals surface area (Å²) >= 11 is 0. The van der Waals surface area contributed by atoms with Crippen LogP contribution in [-0.2, 0) is 0 Å². The van der Waals surface area contributed by atoms with Gasteiger partial charge in [0.05, 0.1) is 0 Å². The van der Waals surface area contributed by atoms with Crippen LogP contribution in [0.25, 0.3) is 0 Å². The van der Waals surface area contributed by atoms with Crippen molar-refractivity contribution in [1.29, 1.82) is 0 Å². The lowest BCUT2D eigenvalue weighted by atomic mass is 10.2. The first-order chi connectivity index (χ1) is 25.4. The summed E-state index contributed by atoms with van der Waals surface area (Å²) in [6.07, 6.45) is 4.44. The highest BCUT2D eigenvalue weighted by Gasteiger charge is 2.18. The average molecular weight is 757 g/mol. The average Bonchev–Trinajstić information content (AvgIpc) is 3.15. The largest absolute Gasteiger partial charge is 0.330 e. The second kappa shape index (κ2) is 31.5. The van der Waals surface area contributed by atoms with Crippen LogP contribution in [0.2, 0.25) is 0 Å². The quantitative estimate of drug-likeness (QED) is 0.106. The molecule has 0 radical (unpaired) electrons. The molecular formula is C39H92N14. The van der Waals surface area contributed by atoms with E-state index in [1.54, 1.807) is 0 Å². The van der Waals surface area contributed by atoms with E-state index in [0.29, 0.717) is 24.2 Å². The Labute approximate surface area is 328 Å². The molecule has 4 fully saturated rings. The van der Waals surface area contributed by atoms with E-state index in [-0.39, 0.29) is 0 Å². The molecule has 4 atom stereocenters. The van der Waals surface area contributed by atoms with Crippen molar-refractivity contribution in [2.45, 2.75) is 84.5 Å². The molecule has 53 heavy (non-hydrogen) atoms. The highest BCUT2D eigenvalue weighted by atomic mass is 15.3. The van der Waals surface area contributed by atoms with Gasteiger partial charge in [0, 0.05) is 155 Å². The third-order valence-corrected chi connectivity index (χ3v) is 10.9. The van der Waals surface area contributed by atoms with Gasteiger partial charge in [-0.25, -0.2) is 0 Å². The van der Waals surface area contributed by atoms with Crippen LogP contribution < -0.4 is 34.4 Å². The van der Waals surface area contributed by atoms with Gasteiger partial charge in [-0.3, -0.25) is 14.7 Å². The Morgan fingerprint density at radius 2 is 0.811 bits per heavy atom. The van der Waals surface area contributed by atoms with Gasteiger partial charge in [0.1, 0.15) is 0 Å². The fourth-order valence-electron chi connectivity index (χ4n) is 6.93. The predicted molar refractivity (Wildman–Crippen MR) is 229 cm³/mol. The Bertz CT molecular complexity index is 789. The topological polar surface area (TPSA) is 182 Å². The number of likely N-dealkylation sites (N-methyl/N-ethyl adjacent to an activating group) is 2. The van der Waals surface area contributed by atoms with Gasteiger partial charge in [-0.15, -0.1) is 0 Å². The van der Waals surface area contributed by atoms with Crippen LogP contribution >= 0.6 is 0 Å². The molecule has 14 heteroatoms. The minimum Gasteiger partial charge on any atom is -0.330 e. The molecule has 0 saturated carbocycles. The van der Waals surface area contributed by atoms with E-state index in [2.05, 4.69) is 80.9 Å². The lowest BCUT2D eigenvalue weighted by Crippen LogP contribution is -2.49. The Kier molecular flexibility index (Phi) is 30.0. The zero-order valence-corrected chi connectivity index (χ0v) is 35.9. The van der Waals surface area contributed by atoms with Crippen LogP contribution in [0, 0.1) is 0 Å². The van der Waals surface area contributed by atoms with E-state index in [0.717, 1.165) is 91.1 Å². The second-order valence-corrected chi connectivity index (χ2v) is 16.3. The third kappa shape index (κ3) is 26.8. The molecule has 14 nitrogen and oxygen atoms in total. The Morgan fingerprint density at radius 3 is 1.19 bits per heavy atom. The van der Waals surface area contributed by atoms with Crippen molar-refractivity contribution in [3.05, 3.63) is 0 Å². The van der Waals surface area contributed by atoms with E-state index in [9.17, 15) is 0 Å². The molecule has 0 aromatic carbocycles. The normalized spacial score (nSPS) is 23.1. The highest BCUT2D eigenvalue weighted by molar-refractivity contribution is 4.76. The van der Waals surface area contributed by atoms with E-state index in [1.165, 1.54) is 98.2 Å². The molecule has 4 aliphatic rings. The molecule has 4 saturated heterocycles. The maximum absolute atomic E-state index is 5.88. The molecule has 4 rings (SSSR count). The van der Waals surface area contributed by atoms with Gasteiger partial charge in [-0.2, -0.15) is 0 Å². The molecule has 318 valence electrons. The van der Waals surface area contributed by atoms with Crippen LogP contribution in [0.15, 0.2) is 0 Å². The van der Waals surface area contributed by atoms with Gasteiger partial charge in [0.2, 0.25) is 0 Å². The molecule has 0 aliphatic carbocycles. The summed E-state index contributed by atoms with van der Waals surface area (Å²) in [6.45, 7) is 39.0. The predicted octanol–water partition coefficient (Wildman–Crippen LogP) is -1.07. The number of piperazine rings is 4. The number of hydrogen-bond acceptors (Lipinski definition) is 14. The van der Waals surface area contributed by atoms with Gasteiger partial charge < -0.3 is 58.9 Å². The second-order valence-electron chi connectivity index (χ2n) is 16.3. The molecule has 0 aromatic heterocycles. The van der Waals surface area contributed by atoms with Crippen LogP contribution in [-0.4, -0.2) is 234 Å². The van der Waals surface area contributed by atoms with Gasteiger partial charge in [-0.1, -0.05) is 13.8 Å². The summed E-state index contributed by atoms with van der Waals surface area (Å²) < 4.78 is 0. The molecule has 0 amide bonds. The molecule has 12 N–H and O–H groups in total. The van der Waals surface area contributed by atoms with Gasteiger partial charge >= 0.3 is 0 Å². The molecule has 0 spiro atoms. The SMILES string of the molecule is CC(N)CCN1CCN(CCCN)CC1.CC(N)CCN1CCN(CCN)CC1.CCC(N)CN1CCN(C)CC1.CCN1CCN(CC(C)N)CC1.